The van der Waals surface area contributed by atoms with Crippen LogP contribution in [0.25, 0.3) is 0 Å². The zero-order valence-corrected chi connectivity index (χ0v) is 21.0. The van der Waals surface area contributed by atoms with E-state index in [1.165, 1.54) is 5.56 Å². The van der Waals surface area contributed by atoms with E-state index in [9.17, 15) is 0 Å². The maximum atomic E-state index is 5.99. The van der Waals surface area contributed by atoms with Crippen LogP contribution in [-0.2, 0) is 11.3 Å². The second kappa shape index (κ2) is 13.4. The highest BCUT2D eigenvalue weighted by atomic mass is 127. The molecule has 1 N–H and O–H groups in total. The van der Waals surface area contributed by atoms with Crippen LogP contribution in [0.3, 0.4) is 0 Å². The molecule has 0 aliphatic carbocycles. The van der Waals surface area contributed by atoms with Crippen molar-refractivity contribution in [3.05, 3.63) is 60.2 Å². The highest BCUT2D eigenvalue weighted by Gasteiger charge is 2.25. The van der Waals surface area contributed by atoms with Gasteiger partial charge in [-0.15, -0.1) is 24.0 Å². The number of halogens is 1. The highest BCUT2D eigenvalue weighted by molar-refractivity contribution is 14.0. The fraction of sp³-hybridized carbons (Fsp3) is 0.458. The molecule has 1 aliphatic rings. The van der Waals surface area contributed by atoms with Crippen molar-refractivity contribution in [1.82, 2.24) is 10.2 Å². The molecule has 1 heterocycles. The van der Waals surface area contributed by atoms with Crippen molar-refractivity contribution >= 4 is 29.9 Å². The number of nitrogens with one attached hydrogen (secondary N) is 1. The van der Waals surface area contributed by atoms with Crippen molar-refractivity contribution in [2.75, 3.05) is 40.4 Å². The summed E-state index contributed by atoms with van der Waals surface area (Å²) < 4.78 is 17.2. The van der Waals surface area contributed by atoms with Crippen molar-refractivity contribution in [2.45, 2.75) is 26.1 Å². The molecule has 0 amide bonds. The second-order valence-corrected chi connectivity index (χ2v) is 7.64. The van der Waals surface area contributed by atoms with E-state index in [1.807, 2.05) is 56.4 Å². The molecule has 2 unspecified atom stereocenters. The minimum absolute atomic E-state index is 0. The van der Waals surface area contributed by atoms with Gasteiger partial charge in [0.05, 0.1) is 26.9 Å². The van der Waals surface area contributed by atoms with E-state index in [0.717, 1.165) is 43.6 Å². The van der Waals surface area contributed by atoms with E-state index in [2.05, 4.69) is 27.3 Å². The number of ether oxygens (including phenoxy) is 3. The van der Waals surface area contributed by atoms with Crippen molar-refractivity contribution in [2.24, 2.45) is 10.9 Å². The molecule has 6 nitrogen and oxygen atoms in total. The van der Waals surface area contributed by atoms with Gasteiger partial charge < -0.3 is 24.4 Å². The summed E-state index contributed by atoms with van der Waals surface area (Å²) in [6, 6.07) is 18.0. The van der Waals surface area contributed by atoms with Gasteiger partial charge in [0.2, 0.25) is 0 Å². The number of aliphatic imine (C=N–C) groups is 1. The van der Waals surface area contributed by atoms with E-state index in [1.54, 1.807) is 7.11 Å². The van der Waals surface area contributed by atoms with Gasteiger partial charge in [-0.3, -0.25) is 4.99 Å². The Hall–Kier alpha value is -2.00. The lowest BCUT2D eigenvalue weighted by molar-refractivity contribution is 0.0906. The van der Waals surface area contributed by atoms with E-state index in [0.29, 0.717) is 19.1 Å². The third-order valence-electron chi connectivity index (χ3n) is 5.19. The Bertz CT molecular complexity index is 804. The van der Waals surface area contributed by atoms with Crippen LogP contribution >= 0.6 is 24.0 Å². The fourth-order valence-electron chi connectivity index (χ4n) is 3.59. The van der Waals surface area contributed by atoms with Gasteiger partial charge in [0.25, 0.3) is 0 Å². The lowest BCUT2D eigenvalue weighted by Crippen LogP contribution is -2.43. The molecule has 2 aromatic carbocycles. The SMILES string of the molecule is CN=C(NCC(C)Oc1cccc(OC)c1)N1CCC(COCc2ccccc2)C1.I. The van der Waals surface area contributed by atoms with Crippen LogP contribution < -0.4 is 14.8 Å². The summed E-state index contributed by atoms with van der Waals surface area (Å²) in [7, 11) is 3.49. The molecule has 31 heavy (non-hydrogen) atoms. The van der Waals surface area contributed by atoms with Crippen molar-refractivity contribution < 1.29 is 14.2 Å². The summed E-state index contributed by atoms with van der Waals surface area (Å²) >= 11 is 0. The molecule has 3 rings (SSSR count). The Morgan fingerprint density at radius 1 is 1.16 bits per heavy atom. The van der Waals surface area contributed by atoms with Crippen LogP contribution in [0.2, 0.25) is 0 Å². The van der Waals surface area contributed by atoms with Gasteiger partial charge in [-0.25, -0.2) is 0 Å². The van der Waals surface area contributed by atoms with Crippen LogP contribution in [0.15, 0.2) is 59.6 Å². The van der Waals surface area contributed by atoms with Crippen LogP contribution in [0.4, 0.5) is 0 Å². The largest absolute Gasteiger partial charge is 0.497 e. The Labute approximate surface area is 203 Å². The molecule has 1 fully saturated rings. The Kier molecular flexibility index (Phi) is 10.9. The molecule has 0 bridgehead atoms. The summed E-state index contributed by atoms with van der Waals surface area (Å²) in [5.74, 6) is 3.04. The molecular formula is C24H34IN3O3. The van der Waals surface area contributed by atoms with Gasteiger partial charge in [-0.2, -0.15) is 0 Å². The van der Waals surface area contributed by atoms with Gasteiger partial charge in [-0.1, -0.05) is 36.4 Å². The average Bonchev–Trinajstić information content (AvgIpc) is 3.24. The number of benzene rings is 2. The quantitative estimate of drug-likeness (QED) is 0.294. The van der Waals surface area contributed by atoms with Gasteiger partial charge >= 0.3 is 0 Å². The van der Waals surface area contributed by atoms with Crippen LogP contribution in [0.5, 0.6) is 11.5 Å². The predicted octanol–water partition coefficient (Wildman–Crippen LogP) is 4.19. The smallest absolute Gasteiger partial charge is 0.193 e. The van der Waals surface area contributed by atoms with Crippen molar-refractivity contribution in [1.29, 1.82) is 0 Å². The number of guanidine groups is 1. The molecule has 1 aliphatic heterocycles. The van der Waals surface area contributed by atoms with E-state index >= 15 is 0 Å². The fourth-order valence-corrected chi connectivity index (χ4v) is 3.59. The number of hydrogen-bond acceptors (Lipinski definition) is 4. The Balaban J connectivity index is 0.00000341. The lowest BCUT2D eigenvalue weighted by atomic mass is 10.1. The molecule has 2 atom stereocenters. The van der Waals surface area contributed by atoms with Gasteiger partial charge in [0.1, 0.15) is 17.6 Å². The Morgan fingerprint density at radius 2 is 1.94 bits per heavy atom. The van der Waals surface area contributed by atoms with Crippen LogP contribution in [0, 0.1) is 5.92 Å². The topological polar surface area (TPSA) is 55.3 Å². The zero-order chi connectivity index (χ0) is 21.2. The first-order valence-electron chi connectivity index (χ1n) is 10.6. The average molecular weight is 539 g/mol. The minimum Gasteiger partial charge on any atom is -0.497 e. The first kappa shape index (κ1) is 25.3. The molecule has 170 valence electrons. The highest BCUT2D eigenvalue weighted by Crippen LogP contribution is 2.20. The lowest BCUT2D eigenvalue weighted by Gasteiger charge is -2.24. The van der Waals surface area contributed by atoms with Gasteiger partial charge in [0, 0.05) is 32.1 Å². The molecule has 2 aromatic rings. The van der Waals surface area contributed by atoms with E-state index in [4.69, 9.17) is 14.2 Å². The zero-order valence-electron chi connectivity index (χ0n) is 18.6. The number of nitrogens with zero attached hydrogens (tertiary/aromatic N) is 2. The standard InChI is InChI=1S/C24H33N3O3.HI/c1-19(30-23-11-7-10-22(14-23)28-3)15-26-24(25-2)27-13-12-21(16-27)18-29-17-20-8-5-4-6-9-20;/h4-11,14,19,21H,12-13,15-18H2,1-3H3,(H,25,26);1H. The third kappa shape index (κ3) is 8.22. The molecule has 0 spiro atoms. The molecule has 0 saturated carbocycles. The minimum atomic E-state index is 0. The van der Waals surface area contributed by atoms with E-state index in [-0.39, 0.29) is 30.1 Å². The van der Waals surface area contributed by atoms with Crippen molar-refractivity contribution in [3.8, 4) is 11.5 Å². The second-order valence-electron chi connectivity index (χ2n) is 7.64. The number of rotatable bonds is 9. The first-order valence-corrected chi connectivity index (χ1v) is 10.6. The molecule has 7 heteroatoms. The summed E-state index contributed by atoms with van der Waals surface area (Å²) in [4.78, 5) is 6.75. The molecular weight excluding hydrogens is 505 g/mol. The molecule has 0 radical (unpaired) electrons. The van der Waals surface area contributed by atoms with Gasteiger partial charge in [-0.05, 0) is 31.0 Å². The van der Waals surface area contributed by atoms with Crippen molar-refractivity contribution in [3.63, 3.8) is 0 Å². The Morgan fingerprint density at radius 3 is 2.68 bits per heavy atom. The summed E-state index contributed by atoms with van der Waals surface area (Å²) in [6.07, 6.45) is 1.12. The summed E-state index contributed by atoms with van der Waals surface area (Å²) in [5.41, 5.74) is 1.22. The summed E-state index contributed by atoms with van der Waals surface area (Å²) in [6.45, 7) is 6.12. The third-order valence-corrected chi connectivity index (χ3v) is 5.19. The van der Waals surface area contributed by atoms with Crippen LogP contribution in [-0.4, -0.2) is 57.4 Å². The normalized spacial score (nSPS) is 17.1. The van der Waals surface area contributed by atoms with Crippen LogP contribution in [0.1, 0.15) is 18.9 Å². The number of likely N-dealkylation sites (tertiary alicyclic amines) is 1. The first-order chi connectivity index (χ1) is 14.7. The maximum Gasteiger partial charge on any atom is 0.193 e. The molecule has 0 aromatic heterocycles. The van der Waals surface area contributed by atoms with Gasteiger partial charge in [0.15, 0.2) is 5.96 Å². The number of methoxy groups -OCH3 is 1. The predicted molar refractivity (Wildman–Crippen MR) is 136 cm³/mol. The monoisotopic (exact) mass is 539 g/mol. The number of hydrogen-bond donors (Lipinski definition) is 1. The summed E-state index contributed by atoms with van der Waals surface area (Å²) in [5, 5.41) is 3.44. The molecule has 1 saturated heterocycles. The van der Waals surface area contributed by atoms with E-state index < -0.39 is 0 Å². The maximum absolute atomic E-state index is 5.99.